The van der Waals surface area contributed by atoms with E-state index in [4.69, 9.17) is 15.5 Å². The summed E-state index contributed by atoms with van der Waals surface area (Å²) in [5.74, 6) is 0.646. The Kier molecular flexibility index (Phi) is 7.99. The summed E-state index contributed by atoms with van der Waals surface area (Å²) in [6.07, 6.45) is 2.78. The maximum Gasteiger partial charge on any atom is 0.416 e. The molecule has 2 fully saturated rings. The summed E-state index contributed by atoms with van der Waals surface area (Å²) in [5, 5.41) is 2.44. The zero-order valence-electron chi connectivity index (χ0n) is 25.8. The lowest BCUT2D eigenvalue weighted by atomic mass is 9.77. The molecule has 1 aromatic carbocycles. The van der Waals surface area contributed by atoms with Gasteiger partial charge in [-0.15, -0.1) is 0 Å². The number of pyridine rings is 1. The number of nitrogens with two attached hydrogens (primary N) is 1. The second-order valence-corrected chi connectivity index (χ2v) is 12.1. The van der Waals surface area contributed by atoms with Crippen molar-refractivity contribution in [2.24, 2.45) is 10.7 Å². The molecular formula is C32H35F3N8O3. The van der Waals surface area contributed by atoms with Crippen molar-refractivity contribution in [3.8, 4) is 17.0 Å². The van der Waals surface area contributed by atoms with E-state index in [0.29, 0.717) is 35.8 Å². The number of aromatic nitrogens is 3. The van der Waals surface area contributed by atoms with Gasteiger partial charge in [-0.2, -0.15) is 13.2 Å². The van der Waals surface area contributed by atoms with Gasteiger partial charge in [0.15, 0.2) is 0 Å². The topological polar surface area (TPSA) is 131 Å². The molecule has 2 aromatic heterocycles. The van der Waals surface area contributed by atoms with Gasteiger partial charge in [-0.25, -0.2) is 19.8 Å². The first kappa shape index (κ1) is 31.1. The van der Waals surface area contributed by atoms with Crippen molar-refractivity contribution in [3.05, 3.63) is 65.4 Å². The minimum Gasteiger partial charge on any atom is -0.493 e. The van der Waals surface area contributed by atoms with E-state index in [1.165, 1.54) is 6.07 Å². The molecule has 3 N–H and O–H groups in total. The summed E-state index contributed by atoms with van der Waals surface area (Å²) >= 11 is 0. The monoisotopic (exact) mass is 636 g/mol. The smallest absolute Gasteiger partial charge is 0.416 e. The van der Waals surface area contributed by atoms with Gasteiger partial charge in [0.2, 0.25) is 0 Å². The number of fused-ring (bicyclic) bond motifs is 2. The van der Waals surface area contributed by atoms with Crippen LogP contribution in [0.4, 0.5) is 23.8 Å². The Balaban J connectivity index is 1.38. The van der Waals surface area contributed by atoms with Gasteiger partial charge in [-0.1, -0.05) is 6.92 Å². The van der Waals surface area contributed by atoms with Gasteiger partial charge in [-0.05, 0) is 56.5 Å². The summed E-state index contributed by atoms with van der Waals surface area (Å²) in [4.78, 5) is 43.4. The number of nitrogens with zero attached hydrogens (tertiary/aromatic N) is 6. The minimum absolute atomic E-state index is 0.0148. The molecule has 46 heavy (non-hydrogen) atoms. The summed E-state index contributed by atoms with van der Waals surface area (Å²) in [6.45, 7) is 5.45. The molecular weight excluding hydrogens is 601 g/mol. The average molecular weight is 637 g/mol. The molecule has 0 radical (unpaired) electrons. The highest BCUT2D eigenvalue weighted by Crippen LogP contribution is 2.42. The number of aliphatic imine (C=N–C) groups is 1. The number of halogens is 3. The highest BCUT2D eigenvalue weighted by atomic mass is 19.4. The number of carbonyl (C=O) groups is 2. The van der Waals surface area contributed by atoms with Gasteiger partial charge in [-0.3, -0.25) is 4.79 Å². The number of carbonyl (C=O) groups excluding carboxylic acids is 2. The predicted molar refractivity (Wildman–Crippen MR) is 166 cm³/mol. The van der Waals surface area contributed by atoms with Crippen LogP contribution in [0.15, 0.2) is 47.7 Å². The van der Waals surface area contributed by atoms with Crippen molar-refractivity contribution in [1.82, 2.24) is 24.3 Å². The molecule has 0 aliphatic carbocycles. The number of anilines is 1. The first-order valence-electron chi connectivity index (χ1n) is 15.1. The number of hydrogen-bond donors (Lipinski definition) is 2. The first-order valence-corrected chi connectivity index (χ1v) is 15.1. The summed E-state index contributed by atoms with van der Waals surface area (Å²) in [6, 6.07) is 6.62. The van der Waals surface area contributed by atoms with Crippen molar-refractivity contribution in [2.75, 3.05) is 32.1 Å². The van der Waals surface area contributed by atoms with Gasteiger partial charge in [0.1, 0.15) is 23.2 Å². The Morgan fingerprint density at radius 1 is 1.22 bits per heavy atom. The molecule has 0 bridgehead atoms. The Morgan fingerprint density at radius 2 is 2.02 bits per heavy atom. The highest BCUT2D eigenvalue weighted by Gasteiger charge is 2.45. The van der Waals surface area contributed by atoms with Gasteiger partial charge in [0.25, 0.3) is 5.91 Å². The second-order valence-electron chi connectivity index (χ2n) is 12.1. The number of imidazole rings is 1. The molecule has 6 rings (SSSR count). The van der Waals surface area contributed by atoms with Crippen LogP contribution in [-0.2, 0) is 18.0 Å². The third kappa shape index (κ3) is 5.79. The third-order valence-electron chi connectivity index (χ3n) is 8.84. The zero-order valence-corrected chi connectivity index (χ0v) is 25.8. The van der Waals surface area contributed by atoms with Crippen molar-refractivity contribution in [2.45, 2.75) is 57.2 Å². The van der Waals surface area contributed by atoms with Crippen LogP contribution in [0.1, 0.15) is 60.5 Å². The fraction of sp³-hybridized carbons (Fsp3) is 0.406. The lowest BCUT2D eigenvalue weighted by molar-refractivity contribution is -0.137. The van der Waals surface area contributed by atoms with E-state index in [1.807, 2.05) is 29.6 Å². The summed E-state index contributed by atoms with van der Waals surface area (Å²) < 4.78 is 47.5. The van der Waals surface area contributed by atoms with Crippen LogP contribution < -0.4 is 15.8 Å². The molecule has 3 aromatic rings. The number of hydrogen-bond acceptors (Lipinski definition) is 7. The number of rotatable bonds is 6. The zero-order chi connectivity index (χ0) is 32.8. The lowest BCUT2D eigenvalue weighted by Crippen LogP contribution is -2.59. The SMILES string of the molecule is CCOc1cc(C(=O)Nc2cc(C(F)(F)F)ccn2)ccc1-c1nc(C2(C)CCC3CCN(C)C(=O)N3C2)n2c1CC(N)=NC=C2. The lowest BCUT2D eigenvalue weighted by Gasteiger charge is -2.49. The normalized spacial score (nSPS) is 21.3. The van der Waals surface area contributed by atoms with E-state index in [1.54, 1.807) is 23.2 Å². The van der Waals surface area contributed by atoms with E-state index in [0.717, 1.165) is 55.7 Å². The van der Waals surface area contributed by atoms with Crippen LogP contribution in [0.3, 0.4) is 0 Å². The molecule has 3 amide bonds. The average Bonchev–Trinajstić information content (AvgIpc) is 3.26. The van der Waals surface area contributed by atoms with Crippen LogP contribution >= 0.6 is 0 Å². The molecule has 2 unspecified atom stereocenters. The quantitative estimate of drug-likeness (QED) is 0.386. The van der Waals surface area contributed by atoms with Gasteiger partial charge >= 0.3 is 12.2 Å². The molecule has 14 heteroatoms. The van der Waals surface area contributed by atoms with Crippen LogP contribution in [0.25, 0.3) is 17.5 Å². The van der Waals surface area contributed by atoms with Crippen molar-refractivity contribution in [1.29, 1.82) is 0 Å². The largest absolute Gasteiger partial charge is 0.493 e. The van der Waals surface area contributed by atoms with Crippen LogP contribution in [-0.4, -0.2) is 74.9 Å². The van der Waals surface area contributed by atoms with Gasteiger partial charge in [0, 0.05) is 67.7 Å². The fourth-order valence-electron chi connectivity index (χ4n) is 6.44. The first-order chi connectivity index (χ1) is 21.9. The molecule has 0 spiro atoms. The molecule has 5 heterocycles. The van der Waals surface area contributed by atoms with E-state index in [-0.39, 0.29) is 30.1 Å². The standard InChI is InChI=1S/C32H35F3N8O3/c1-4-46-24-15-19(28(44)39-26-16-20(8-11-38-26)32(33,34)35)5-6-22(24)27-23-17-25(36)37-12-14-42(23)29(40-27)31(2)10-7-21-9-13-41(3)30(45)43(21)18-31/h5-6,8,11-12,14-16,21H,4,7,9-10,13,17-18H2,1-3H3,(H2,36,37)(H,38,39,44). The number of nitrogens with one attached hydrogen (secondary N) is 1. The Labute approximate surface area is 264 Å². The maximum atomic E-state index is 13.2. The Bertz CT molecular complexity index is 1750. The number of alkyl halides is 3. The predicted octanol–water partition coefficient (Wildman–Crippen LogP) is 5.13. The van der Waals surface area contributed by atoms with Crippen LogP contribution in [0, 0.1) is 0 Å². The van der Waals surface area contributed by atoms with Gasteiger partial charge < -0.3 is 30.2 Å². The van der Waals surface area contributed by atoms with E-state index in [9.17, 15) is 22.8 Å². The summed E-state index contributed by atoms with van der Waals surface area (Å²) in [5.41, 5.74) is 7.00. The Hall–Kier alpha value is -4.88. The van der Waals surface area contributed by atoms with E-state index in [2.05, 4.69) is 22.2 Å². The number of ether oxygens (including phenoxy) is 1. The summed E-state index contributed by atoms with van der Waals surface area (Å²) in [7, 11) is 1.82. The highest BCUT2D eigenvalue weighted by molar-refractivity contribution is 6.04. The third-order valence-corrected chi connectivity index (χ3v) is 8.84. The Morgan fingerprint density at radius 3 is 2.78 bits per heavy atom. The number of benzene rings is 1. The molecule has 3 aliphatic rings. The number of piperidine rings is 1. The van der Waals surface area contributed by atoms with Crippen molar-refractivity contribution < 1.29 is 27.5 Å². The maximum absolute atomic E-state index is 13.2. The van der Waals surface area contributed by atoms with Crippen molar-refractivity contribution >= 4 is 29.8 Å². The molecule has 2 saturated heterocycles. The van der Waals surface area contributed by atoms with Crippen LogP contribution in [0.5, 0.6) is 5.75 Å². The molecule has 3 aliphatic heterocycles. The number of amides is 3. The number of urea groups is 1. The fourth-order valence-corrected chi connectivity index (χ4v) is 6.44. The van der Waals surface area contributed by atoms with E-state index >= 15 is 0 Å². The molecule has 11 nitrogen and oxygen atoms in total. The molecule has 242 valence electrons. The minimum atomic E-state index is -4.58. The van der Waals surface area contributed by atoms with Crippen molar-refractivity contribution in [3.63, 3.8) is 0 Å². The van der Waals surface area contributed by atoms with E-state index < -0.39 is 23.1 Å². The molecule has 0 saturated carbocycles. The molecule has 2 atom stereocenters. The number of amidine groups is 1. The second kappa shape index (κ2) is 11.8. The van der Waals surface area contributed by atoms with Crippen LogP contribution in [0.2, 0.25) is 0 Å². The van der Waals surface area contributed by atoms with Gasteiger partial charge in [0.05, 0.1) is 23.6 Å².